The van der Waals surface area contributed by atoms with Crippen molar-refractivity contribution in [2.24, 2.45) is 5.73 Å². The van der Waals surface area contributed by atoms with Gasteiger partial charge in [0.2, 0.25) is 10.0 Å². The number of sulfonamides is 1. The summed E-state index contributed by atoms with van der Waals surface area (Å²) in [6, 6.07) is 1.56. The number of nitrogens with zero attached hydrogens (tertiary/aromatic N) is 1. The van der Waals surface area contributed by atoms with Gasteiger partial charge in [0.1, 0.15) is 0 Å². The smallest absolute Gasteiger partial charge is 0.244 e. The highest BCUT2D eigenvalue weighted by atomic mass is 32.2. The molecule has 6 heteroatoms. The second-order valence-corrected chi connectivity index (χ2v) is 6.49. The number of rotatable bonds is 4. The summed E-state index contributed by atoms with van der Waals surface area (Å²) in [5, 5.41) is 1.75. The highest BCUT2D eigenvalue weighted by molar-refractivity contribution is 7.89. The quantitative estimate of drug-likeness (QED) is 0.872. The standard InChI is InChI=1S/C9H16N2O2S2/c1-7(2)11(3)15(12,13)9-4-5-14-8(9)6-10/h4-5,7H,6,10H2,1-3H3. The van der Waals surface area contributed by atoms with Crippen LogP contribution in [0.2, 0.25) is 0 Å². The number of thiophene rings is 1. The molecule has 0 bridgehead atoms. The van der Waals surface area contributed by atoms with Crippen LogP contribution in [0.15, 0.2) is 16.3 Å². The zero-order valence-electron chi connectivity index (χ0n) is 9.10. The molecule has 0 spiro atoms. The lowest BCUT2D eigenvalue weighted by molar-refractivity contribution is 0.410. The first-order valence-corrected chi connectivity index (χ1v) is 6.97. The van der Waals surface area contributed by atoms with Gasteiger partial charge in [0, 0.05) is 24.5 Å². The minimum absolute atomic E-state index is 0.0551. The molecule has 0 unspecified atom stereocenters. The Labute approximate surface area is 94.8 Å². The van der Waals surface area contributed by atoms with Gasteiger partial charge in [-0.2, -0.15) is 4.31 Å². The second kappa shape index (κ2) is 4.61. The van der Waals surface area contributed by atoms with Gasteiger partial charge in [-0.25, -0.2) is 8.42 Å². The minimum Gasteiger partial charge on any atom is -0.326 e. The summed E-state index contributed by atoms with van der Waals surface area (Å²) in [4.78, 5) is 1.05. The Morgan fingerprint density at radius 3 is 2.60 bits per heavy atom. The zero-order valence-corrected chi connectivity index (χ0v) is 10.7. The van der Waals surface area contributed by atoms with Gasteiger partial charge < -0.3 is 5.73 Å². The van der Waals surface area contributed by atoms with Gasteiger partial charge in [-0.05, 0) is 25.3 Å². The van der Waals surface area contributed by atoms with Gasteiger partial charge in [-0.1, -0.05) is 0 Å². The zero-order chi connectivity index (χ0) is 11.6. The lowest BCUT2D eigenvalue weighted by Crippen LogP contribution is -2.33. The molecule has 1 rings (SSSR count). The number of hydrogen-bond donors (Lipinski definition) is 1. The van der Waals surface area contributed by atoms with Crippen molar-refractivity contribution in [1.29, 1.82) is 0 Å². The third kappa shape index (κ3) is 2.39. The molecule has 15 heavy (non-hydrogen) atoms. The van der Waals surface area contributed by atoms with Crippen molar-refractivity contribution in [2.45, 2.75) is 31.3 Å². The Balaban J connectivity index is 3.17. The third-order valence-electron chi connectivity index (χ3n) is 2.27. The summed E-state index contributed by atoms with van der Waals surface area (Å²) in [6.45, 7) is 3.94. The summed E-state index contributed by atoms with van der Waals surface area (Å²) in [5.74, 6) is 0. The van der Waals surface area contributed by atoms with E-state index < -0.39 is 10.0 Å². The molecular formula is C9H16N2O2S2. The molecule has 0 atom stereocenters. The van der Waals surface area contributed by atoms with Crippen molar-refractivity contribution in [2.75, 3.05) is 7.05 Å². The molecule has 0 aliphatic carbocycles. The molecule has 0 aliphatic heterocycles. The van der Waals surface area contributed by atoms with Crippen molar-refractivity contribution < 1.29 is 8.42 Å². The van der Waals surface area contributed by atoms with E-state index in [1.807, 2.05) is 13.8 Å². The van der Waals surface area contributed by atoms with Crippen LogP contribution in [0.25, 0.3) is 0 Å². The molecule has 1 aromatic heterocycles. The van der Waals surface area contributed by atoms with Gasteiger partial charge in [-0.15, -0.1) is 11.3 Å². The highest BCUT2D eigenvalue weighted by Gasteiger charge is 2.25. The lowest BCUT2D eigenvalue weighted by atomic mass is 10.4. The van der Waals surface area contributed by atoms with Crippen LogP contribution < -0.4 is 5.73 Å². The lowest BCUT2D eigenvalue weighted by Gasteiger charge is -2.20. The first-order chi connectivity index (χ1) is 6.91. The highest BCUT2D eigenvalue weighted by Crippen LogP contribution is 2.24. The SMILES string of the molecule is CC(C)N(C)S(=O)(=O)c1ccsc1CN. The van der Waals surface area contributed by atoms with E-state index in [1.54, 1.807) is 18.5 Å². The number of hydrogen-bond acceptors (Lipinski definition) is 4. The van der Waals surface area contributed by atoms with Crippen molar-refractivity contribution in [3.8, 4) is 0 Å². The molecule has 0 aromatic carbocycles. The second-order valence-electron chi connectivity index (χ2n) is 3.53. The van der Waals surface area contributed by atoms with E-state index in [4.69, 9.17) is 5.73 Å². The Kier molecular flexibility index (Phi) is 3.88. The maximum absolute atomic E-state index is 12.1. The maximum Gasteiger partial charge on any atom is 0.244 e. The molecule has 0 fully saturated rings. The molecule has 86 valence electrons. The fourth-order valence-electron chi connectivity index (χ4n) is 1.14. The Hall–Kier alpha value is -0.430. The van der Waals surface area contributed by atoms with Crippen molar-refractivity contribution in [3.05, 3.63) is 16.3 Å². The molecule has 0 saturated carbocycles. The van der Waals surface area contributed by atoms with E-state index in [0.29, 0.717) is 9.77 Å². The predicted octanol–water partition coefficient (Wildman–Crippen LogP) is 1.24. The normalized spacial score (nSPS) is 12.7. The Morgan fingerprint density at radius 2 is 2.13 bits per heavy atom. The van der Waals surface area contributed by atoms with Gasteiger partial charge >= 0.3 is 0 Å². The Morgan fingerprint density at radius 1 is 1.53 bits per heavy atom. The molecule has 0 radical (unpaired) electrons. The molecule has 0 saturated heterocycles. The summed E-state index contributed by atoms with van der Waals surface area (Å²) >= 11 is 1.37. The topological polar surface area (TPSA) is 63.4 Å². The summed E-state index contributed by atoms with van der Waals surface area (Å²) in [7, 11) is -1.79. The Bertz CT molecular complexity index is 423. The van der Waals surface area contributed by atoms with Crippen LogP contribution in [0, 0.1) is 0 Å². The predicted molar refractivity (Wildman–Crippen MR) is 62.3 cm³/mol. The van der Waals surface area contributed by atoms with Gasteiger partial charge in [0.05, 0.1) is 4.90 Å². The maximum atomic E-state index is 12.1. The number of nitrogens with two attached hydrogens (primary N) is 1. The first kappa shape index (κ1) is 12.6. The van der Waals surface area contributed by atoms with Gasteiger partial charge in [-0.3, -0.25) is 0 Å². The van der Waals surface area contributed by atoms with E-state index in [9.17, 15) is 8.42 Å². The minimum atomic E-state index is -3.37. The summed E-state index contributed by atoms with van der Waals surface area (Å²) in [5.41, 5.74) is 5.50. The van der Waals surface area contributed by atoms with Crippen molar-refractivity contribution in [1.82, 2.24) is 4.31 Å². The molecule has 1 heterocycles. The molecule has 0 amide bonds. The summed E-state index contributed by atoms with van der Waals surface area (Å²) < 4.78 is 25.5. The fraction of sp³-hybridized carbons (Fsp3) is 0.556. The molecule has 4 nitrogen and oxygen atoms in total. The van der Waals surface area contributed by atoms with Crippen LogP contribution in [0.4, 0.5) is 0 Å². The third-order valence-corrected chi connectivity index (χ3v) is 5.46. The first-order valence-electron chi connectivity index (χ1n) is 4.65. The van der Waals surface area contributed by atoms with E-state index in [1.165, 1.54) is 15.6 Å². The molecule has 0 aliphatic rings. The van der Waals surface area contributed by atoms with Gasteiger partial charge in [0.25, 0.3) is 0 Å². The monoisotopic (exact) mass is 248 g/mol. The van der Waals surface area contributed by atoms with Crippen LogP contribution in [0.3, 0.4) is 0 Å². The van der Waals surface area contributed by atoms with E-state index in [0.717, 1.165) is 0 Å². The molecule has 2 N–H and O–H groups in total. The fourth-order valence-corrected chi connectivity index (χ4v) is 3.81. The molecule has 1 aromatic rings. The van der Waals surface area contributed by atoms with Crippen LogP contribution in [-0.2, 0) is 16.6 Å². The average molecular weight is 248 g/mol. The summed E-state index contributed by atoms with van der Waals surface area (Å²) in [6.07, 6.45) is 0. The van der Waals surface area contributed by atoms with Crippen LogP contribution >= 0.6 is 11.3 Å². The van der Waals surface area contributed by atoms with E-state index >= 15 is 0 Å². The average Bonchev–Trinajstić information content (AvgIpc) is 2.64. The van der Waals surface area contributed by atoms with Gasteiger partial charge in [0.15, 0.2) is 0 Å². The van der Waals surface area contributed by atoms with Crippen molar-refractivity contribution in [3.63, 3.8) is 0 Å². The van der Waals surface area contributed by atoms with Crippen LogP contribution in [-0.4, -0.2) is 25.8 Å². The van der Waals surface area contributed by atoms with Crippen LogP contribution in [0.1, 0.15) is 18.7 Å². The van der Waals surface area contributed by atoms with Crippen molar-refractivity contribution >= 4 is 21.4 Å². The van der Waals surface area contributed by atoms with E-state index in [2.05, 4.69) is 0 Å². The van der Waals surface area contributed by atoms with E-state index in [-0.39, 0.29) is 12.6 Å². The largest absolute Gasteiger partial charge is 0.326 e. The van der Waals surface area contributed by atoms with Crippen LogP contribution in [0.5, 0.6) is 0 Å². The molecular weight excluding hydrogens is 232 g/mol.